The van der Waals surface area contributed by atoms with Crippen LogP contribution in [0.2, 0.25) is 0 Å². The Morgan fingerprint density at radius 2 is 2.23 bits per heavy atom. The summed E-state index contributed by atoms with van der Waals surface area (Å²) in [5.74, 6) is -0.451. The monoisotopic (exact) mass is 299 g/mol. The third kappa shape index (κ3) is 3.64. The fraction of sp³-hybridized carbons (Fsp3) is 0.312. The SMILES string of the molecule is CCCCC(=O)OCC(O)=C(C#N)c1nc2ccccc2[nH]1. The van der Waals surface area contributed by atoms with Crippen molar-refractivity contribution < 1.29 is 14.6 Å². The number of nitriles is 1. The fourth-order valence-corrected chi connectivity index (χ4v) is 1.94. The van der Waals surface area contributed by atoms with E-state index in [4.69, 9.17) is 4.74 Å². The summed E-state index contributed by atoms with van der Waals surface area (Å²) in [5, 5.41) is 19.2. The highest BCUT2D eigenvalue weighted by Gasteiger charge is 2.14. The molecular formula is C16H17N3O3. The van der Waals surface area contributed by atoms with Gasteiger partial charge in [-0.1, -0.05) is 25.5 Å². The number of unbranched alkanes of at least 4 members (excludes halogenated alkanes) is 1. The molecule has 0 radical (unpaired) electrons. The maximum Gasteiger partial charge on any atom is 0.306 e. The first-order chi connectivity index (χ1) is 10.7. The van der Waals surface area contributed by atoms with Gasteiger partial charge in [0.1, 0.15) is 18.2 Å². The molecule has 0 fully saturated rings. The van der Waals surface area contributed by atoms with Gasteiger partial charge in [0.05, 0.1) is 11.0 Å². The molecule has 0 spiro atoms. The van der Waals surface area contributed by atoms with Crippen LogP contribution in [0.5, 0.6) is 0 Å². The molecule has 1 aromatic heterocycles. The van der Waals surface area contributed by atoms with Crippen molar-refractivity contribution in [2.75, 3.05) is 6.61 Å². The Kier molecular flexibility index (Phi) is 5.15. The minimum absolute atomic E-state index is 0.0282. The number of carbonyl (C=O) groups excluding carboxylic acids is 1. The maximum absolute atomic E-state index is 11.4. The van der Waals surface area contributed by atoms with Crippen LogP contribution in [-0.2, 0) is 9.53 Å². The number of hydrogen-bond donors (Lipinski definition) is 2. The van der Waals surface area contributed by atoms with Crippen molar-refractivity contribution in [1.82, 2.24) is 9.97 Å². The summed E-state index contributed by atoms with van der Waals surface area (Å²) >= 11 is 0. The van der Waals surface area contributed by atoms with Crippen LogP contribution in [0.15, 0.2) is 30.0 Å². The molecule has 0 aliphatic rings. The van der Waals surface area contributed by atoms with E-state index >= 15 is 0 Å². The number of rotatable bonds is 6. The largest absolute Gasteiger partial charge is 0.507 e. The molecule has 2 aromatic rings. The molecule has 1 aromatic carbocycles. The molecule has 6 heteroatoms. The van der Waals surface area contributed by atoms with Crippen molar-refractivity contribution in [2.45, 2.75) is 26.2 Å². The highest BCUT2D eigenvalue weighted by atomic mass is 16.5. The van der Waals surface area contributed by atoms with Crippen LogP contribution in [0, 0.1) is 11.3 Å². The number of imidazole rings is 1. The minimum Gasteiger partial charge on any atom is -0.507 e. The number of carbonyl (C=O) groups is 1. The van der Waals surface area contributed by atoms with Gasteiger partial charge in [-0.2, -0.15) is 5.26 Å². The van der Waals surface area contributed by atoms with Crippen molar-refractivity contribution >= 4 is 22.6 Å². The van der Waals surface area contributed by atoms with Gasteiger partial charge in [-0.05, 0) is 18.6 Å². The van der Waals surface area contributed by atoms with E-state index in [2.05, 4.69) is 9.97 Å². The third-order valence-corrected chi connectivity index (χ3v) is 3.13. The number of aromatic amines is 1. The Morgan fingerprint density at radius 1 is 1.45 bits per heavy atom. The second kappa shape index (κ2) is 7.27. The Bertz CT molecular complexity index is 707. The van der Waals surface area contributed by atoms with Gasteiger partial charge in [0, 0.05) is 6.42 Å². The van der Waals surface area contributed by atoms with E-state index in [0.717, 1.165) is 18.4 Å². The number of H-pyrrole nitrogens is 1. The molecule has 1 heterocycles. The molecule has 114 valence electrons. The summed E-state index contributed by atoms with van der Waals surface area (Å²) in [5.41, 5.74) is 1.43. The number of nitrogens with one attached hydrogen (secondary N) is 1. The lowest BCUT2D eigenvalue weighted by Gasteiger charge is -2.05. The summed E-state index contributed by atoms with van der Waals surface area (Å²) in [4.78, 5) is 18.6. The number of nitrogens with zero attached hydrogens (tertiary/aromatic N) is 2. The number of allylic oxidation sites excluding steroid dienone is 1. The van der Waals surface area contributed by atoms with Gasteiger partial charge in [-0.15, -0.1) is 0 Å². The fourth-order valence-electron chi connectivity index (χ4n) is 1.94. The van der Waals surface area contributed by atoms with Crippen molar-refractivity contribution in [2.24, 2.45) is 0 Å². The van der Waals surface area contributed by atoms with Crippen molar-refractivity contribution in [1.29, 1.82) is 5.26 Å². The molecule has 0 bridgehead atoms. The number of benzene rings is 1. The zero-order chi connectivity index (χ0) is 15.9. The van der Waals surface area contributed by atoms with E-state index in [9.17, 15) is 15.2 Å². The number of fused-ring (bicyclic) bond motifs is 1. The molecule has 0 amide bonds. The number of esters is 1. The van der Waals surface area contributed by atoms with Gasteiger partial charge < -0.3 is 14.8 Å². The molecule has 0 saturated carbocycles. The van der Waals surface area contributed by atoms with E-state index < -0.39 is 5.97 Å². The predicted molar refractivity (Wildman–Crippen MR) is 81.7 cm³/mol. The maximum atomic E-state index is 11.4. The van der Waals surface area contributed by atoms with Crippen LogP contribution in [0.25, 0.3) is 16.6 Å². The predicted octanol–water partition coefficient (Wildman–Crippen LogP) is 3.09. The average molecular weight is 299 g/mol. The van der Waals surface area contributed by atoms with Gasteiger partial charge in [0.15, 0.2) is 11.6 Å². The molecule has 0 unspecified atom stereocenters. The van der Waals surface area contributed by atoms with Crippen molar-refractivity contribution in [3.05, 3.63) is 35.8 Å². The Hall–Kier alpha value is -2.81. The highest BCUT2D eigenvalue weighted by molar-refractivity contribution is 5.82. The van der Waals surface area contributed by atoms with Crippen LogP contribution in [0.4, 0.5) is 0 Å². The molecule has 6 nitrogen and oxygen atoms in total. The van der Waals surface area contributed by atoms with E-state index in [-0.39, 0.29) is 23.8 Å². The van der Waals surface area contributed by atoms with Crippen LogP contribution in [0.1, 0.15) is 32.0 Å². The first-order valence-corrected chi connectivity index (χ1v) is 7.08. The Morgan fingerprint density at radius 3 is 2.91 bits per heavy atom. The molecule has 0 saturated heterocycles. The van der Waals surface area contributed by atoms with E-state index in [0.29, 0.717) is 11.9 Å². The molecule has 0 aliphatic heterocycles. The summed E-state index contributed by atoms with van der Waals surface area (Å²) in [6.07, 6.45) is 1.92. The molecule has 22 heavy (non-hydrogen) atoms. The summed E-state index contributed by atoms with van der Waals surface area (Å²) in [6, 6.07) is 9.18. The summed E-state index contributed by atoms with van der Waals surface area (Å²) < 4.78 is 4.94. The number of aromatic nitrogens is 2. The van der Waals surface area contributed by atoms with Crippen LogP contribution in [0.3, 0.4) is 0 Å². The minimum atomic E-state index is -0.393. The van der Waals surface area contributed by atoms with Crippen LogP contribution < -0.4 is 0 Å². The van der Waals surface area contributed by atoms with Gasteiger partial charge in [0.25, 0.3) is 0 Å². The number of ether oxygens (including phenoxy) is 1. The highest BCUT2D eigenvalue weighted by Crippen LogP contribution is 2.18. The number of hydrogen-bond acceptors (Lipinski definition) is 5. The molecule has 2 rings (SSSR count). The zero-order valence-corrected chi connectivity index (χ0v) is 12.3. The standard InChI is InChI=1S/C16H17N3O3/c1-2-3-8-15(21)22-10-14(20)11(9-17)16-18-12-6-4-5-7-13(12)19-16/h4-7,20H,2-3,8,10H2,1H3,(H,18,19). The second-order valence-electron chi connectivity index (χ2n) is 4.80. The van der Waals surface area contributed by atoms with Gasteiger partial charge in [-0.25, -0.2) is 4.98 Å². The van der Waals surface area contributed by atoms with Crippen LogP contribution >= 0.6 is 0 Å². The smallest absolute Gasteiger partial charge is 0.306 e. The first kappa shape index (κ1) is 15.6. The number of aliphatic hydroxyl groups excluding tert-OH is 1. The zero-order valence-electron chi connectivity index (χ0n) is 12.3. The summed E-state index contributed by atoms with van der Waals surface area (Å²) in [6.45, 7) is 1.64. The van der Waals surface area contributed by atoms with E-state index in [1.165, 1.54) is 0 Å². The first-order valence-electron chi connectivity index (χ1n) is 7.08. The van der Waals surface area contributed by atoms with E-state index in [1.54, 1.807) is 6.07 Å². The normalized spacial score (nSPS) is 11.8. The lowest BCUT2D eigenvalue weighted by atomic mass is 10.2. The summed E-state index contributed by atoms with van der Waals surface area (Å²) in [7, 11) is 0. The number of para-hydroxylation sites is 2. The van der Waals surface area contributed by atoms with Crippen molar-refractivity contribution in [3.63, 3.8) is 0 Å². The molecule has 0 aliphatic carbocycles. The average Bonchev–Trinajstić information content (AvgIpc) is 2.95. The quantitative estimate of drug-likeness (QED) is 0.485. The lowest BCUT2D eigenvalue weighted by Crippen LogP contribution is -2.08. The van der Waals surface area contributed by atoms with Gasteiger partial charge >= 0.3 is 5.97 Å². The lowest BCUT2D eigenvalue weighted by molar-refractivity contribution is -0.143. The van der Waals surface area contributed by atoms with Crippen LogP contribution in [-0.4, -0.2) is 27.7 Å². The Balaban J connectivity index is 2.15. The molecule has 2 N–H and O–H groups in total. The van der Waals surface area contributed by atoms with Crippen molar-refractivity contribution in [3.8, 4) is 6.07 Å². The molecule has 0 atom stereocenters. The Labute approximate surface area is 128 Å². The second-order valence-corrected chi connectivity index (χ2v) is 4.80. The third-order valence-electron chi connectivity index (χ3n) is 3.13. The van der Waals surface area contributed by atoms with Gasteiger partial charge in [-0.3, -0.25) is 4.79 Å². The topological polar surface area (TPSA) is 99.0 Å². The number of aliphatic hydroxyl groups is 1. The van der Waals surface area contributed by atoms with E-state index in [1.807, 2.05) is 31.2 Å². The molecular weight excluding hydrogens is 282 g/mol. The van der Waals surface area contributed by atoms with Gasteiger partial charge in [0.2, 0.25) is 0 Å².